The van der Waals surface area contributed by atoms with Gasteiger partial charge in [0, 0.05) is 42.8 Å². The Morgan fingerprint density at radius 3 is 2.24 bits per heavy atom. The molecule has 1 heterocycles. The van der Waals surface area contributed by atoms with Crippen molar-refractivity contribution in [2.75, 3.05) is 39.3 Å². The summed E-state index contributed by atoms with van der Waals surface area (Å²) in [6.07, 6.45) is 1.76. The summed E-state index contributed by atoms with van der Waals surface area (Å²) in [6.45, 7) is 7.92. The summed E-state index contributed by atoms with van der Waals surface area (Å²) in [4.78, 5) is 4.80. The number of β-amino-alcohol motifs (C(OH)–C–C–N with tert-alkyl or cyclic N) is 1. The zero-order chi connectivity index (χ0) is 15.2. The van der Waals surface area contributed by atoms with E-state index < -0.39 is 0 Å². The van der Waals surface area contributed by atoms with E-state index in [0.29, 0.717) is 0 Å². The lowest BCUT2D eigenvalue weighted by Gasteiger charge is -2.35. The van der Waals surface area contributed by atoms with Crippen LogP contribution in [0.15, 0.2) is 18.2 Å². The van der Waals surface area contributed by atoms with Crippen molar-refractivity contribution in [1.82, 2.24) is 9.80 Å². The molecule has 1 atom stereocenters. The van der Waals surface area contributed by atoms with Crippen LogP contribution in [0.4, 0.5) is 0 Å². The quantitative estimate of drug-likeness (QED) is 0.868. The van der Waals surface area contributed by atoms with E-state index in [9.17, 15) is 5.11 Å². The maximum atomic E-state index is 9.41. The van der Waals surface area contributed by atoms with Gasteiger partial charge >= 0.3 is 0 Å². The summed E-state index contributed by atoms with van der Waals surface area (Å²) in [7, 11) is 0. The zero-order valence-electron chi connectivity index (χ0n) is 12.6. The first-order chi connectivity index (χ1) is 10.1. The average Bonchev–Trinajstić information content (AvgIpc) is 2.43. The monoisotopic (exact) mass is 330 g/mol. The number of piperazine rings is 1. The number of rotatable bonds is 6. The molecule has 1 aromatic carbocycles. The summed E-state index contributed by atoms with van der Waals surface area (Å²) in [5.74, 6) is 0. The Labute approximate surface area is 137 Å². The second-order valence-electron chi connectivity index (χ2n) is 5.80. The van der Waals surface area contributed by atoms with Gasteiger partial charge in [-0.15, -0.1) is 0 Å². The van der Waals surface area contributed by atoms with Gasteiger partial charge < -0.3 is 10.0 Å². The Bertz CT molecular complexity index is 426. The van der Waals surface area contributed by atoms with Crippen molar-refractivity contribution in [3.63, 3.8) is 0 Å². The molecule has 0 aliphatic carbocycles. The van der Waals surface area contributed by atoms with Gasteiger partial charge in [0.1, 0.15) is 0 Å². The maximum Gasteiger partial charge on any atom is 0.0639 e. The van der Waals surface area contributed by atoms with E-state index in [2.05, 4.69) is 9.80 Å². The Morgan fingerprint density at radius 2 is 1.67 bits per heavy atom. The van der Waals surface area contributed by atoms with Crippen molar-refractivity contribution < 1.29 is 5.11 Å². The van der Waals surface area contributed by atoms with Gasteiger partial charge in [0.15, 0.2) is 0 Å². The predicted molar refractivity (Wildman–Crippen MR) is 89.3 cm³/mol. The molecule has 0 unspecified atom stereocenters. The molecule has 2 rings (SSSR count). The molecule has 0 aromatic heterocycles. The van der Waals surface area contributed by atoms with Crippen LogP contribution in [0.3, 0.4) is 0 Å². The number of nitrogens with zero attached hydrogens (tertiary/aromatic N) is 2. The third kappa shape index (κ3) is 5.42. The van der Waals surface area contributed by atoms with Crippen molar-refractivity contribution in [3.05, 3.63) is 33.8 Å². The van der Waals surface area contributed by atoms with Gasteiger partial charge in [-0.05, 0) is 44.0 Å². The molecule has 21 heavy (non-hydrogen) atoms. The number of aliphatic hydroxyl groups excluding tert-OH is 1. The van der Waals surface area contributed by atoms with Crippen molar-refractivity contribution in [2.45, 2.75) is 25.9 Å². The highest BCUT2D eigenvalue weighted by molar-refractivity contribution is 6.35. The van der Waals surface area contributed by atoms with Crippen LogP contribution in [0, 0.1) is 0 Å². The lowest BCUT2D eigenvalue weighted by atomic mass is 10.1. The number of hydrogen-bond donors (Lipinski definition) is 1. The summed E-state index contributed by atoms with van der Waals surface area (Å²) >= 11 is 12.4. The molecule has 5 heteroatoms. The highest BCUT2D eigenvalue weighted by Gasteiger charge is 2.17. The molecule has 0 spiro atoms. The summed E-state index contributed by atoms with van der Waals surface area (Å²) in [6, 6.07) is 5.69. The number of aliphatic hydroxyl groups is 1. The average molecular weight is 331 g/mol. The minimum atomic E-state index is -0.237. The Hall–Kier alpha value is -0.320. The highest BCUT2D eigenvalue weighted by Crippen LogP contribution is 2.25. The Kier molecular flexibility index (Phi) is 6.77. The molecule has 0 saturated carbocycles. The van der Waals surface area contributed by atoms with E-state index in [4.69, 9.17) is 23.2 Å². The van der Waals surface area contributed by atoms with E-state index in [1.165, 1.54) is 0 Å². The number of halogens is 2. The van der Waals surface area contributed by atoms with Gasteiger partial charge in [0.2, 0.25) is 0 Å². The van der Waals surface area contributed by atoms with Crippen molar-refractivity contribution >= 4 is 23.2 Å². The lowest BCUT2D eigenvalue weighted by molar-refractivity contribution is 0.0804. The van der Waals surface area contributed by atoms with Crippen molar-refractivity contribution in [3.8, 4) is 0 Å². The highest BCUT2D eigenvalue weighted by atomic mass is 35.5. The van der Waals surface area contributed by atoms with Crippen molar-refractivity contribution in [1.29, 1.82) is 0 Å². The van der Waals surface area contributed by atoms with Gasteiger partial charge in [-0.1, -0.05) is 29.3 Å². The third-order valence-electron chi connectivity index (χ3n) is 3.95. The minimum Gasteiger partial charge on any atom is -0.392 e. The van der Waals surface area contributed by atoms with Gasteiger partial charge in [-0.2, -0.15) is 0 Å². The van der Waals surface area contributed by atoms with E-state index in [1.807, 2.05) is 25.1 Å². The van der Waals surface area contributed by atoms with Crippen LogP contribution < -0.4 is 0 Å². The lowest BCUT2D eigenvalue weighted by Crippen LogP contribution is -2.48. The second-order valence-corrected chi connectivity index (χ2v) is 6.61. The molecular weight excluding hydrogens is 307 g/mol. The van der Waals surface area contributed by atoms with Gasteiger partial charge in [0.05, 0.1) is 6.10 Å². The van der Waals surface area contributed by atoms with Gasteiger partial charge in [-0.3, -0.25) is 4.90 Å². The molecule has 1 fully saturated rings. The van der Waals surface area contributed by atoms with Gasteiger partial charge in [-0.25, -0.2) is 0 Å². The van der Waals surface area contributed by atoms with E-state index in [0.717, 1.165) is 67.7 Å². The molecule has 0 radical (unpaired) electrons. The maximum absolute atomic E-state index is 9.41. The Morgan fingerprint density at radius 1 is 1.10 bits per heavy atom. The Balaban J connectivity index is 1.71. The molecule has 0 bridgehead atoms. The summed E-state index contributed by atoms with van der Waals surface area (Å²) < 4.78 is 0. The first-order valence-corrected chi connectivity index (χ1v) is 8.37. The molecule has 118 valence electrons. The fraction of sp³-hybridized carbons (Fsp3) is 0.625. The fourth-order valence-corrected chi connectivity index (χ4v) is 3.41. The van der Waals surface area contributed by atoms with Gasteiger partial charge in [0.25, 0.3) is 0 Å². The molecule has 3 nitrogen and oxygen atoms in total. The van der Waals surface area contributed by atoms with Crippen LogP contribution >= 0.6 is 23.2 Å². The minimum absolute atomic E-state index is 0.237. The molecule has 1 saturated heterocycles. The smallest absolute Gasteiger partial charge is 0.0639 e. The predicted octanol–water partition coefficient (Wildman–Crippen LogP) is 2.92. The molecule has 1 aliphatic heterocycles. The molecule has 1 aliphatic rings. The van der Waals surface area contributed by atoms with Crippen LogP contribution in [-0.4, -0.2) is 60.3 Å². The first kappa shape index (κ1) is 17.0. The topological polar surface area (TPSA) is 26.7 Å². The summed E-state index contributed by atoms with van der Waals surface area (Å²) in [5.41, 5.74) is 1.06. The first-order valence-electron chi connectivity index (χ1n) is 7.62. The van der Waals surface area contributed by atoms with E-state index in [1.54, 1.807) is 0 Å². The molecular formula is C16H24Cl2N2O. The fourth-order valence-electron chi connectivity index (χ4n) is 2.82. The van der Waals surface area contributed by atoms with E-state index >= 15 is 0 Å². The van der Waals surface area contributed by atoms with Crippen LogP contribution in [0.1, 0.15) is 18.9 Å². The van der Waals surface area contributed by atoms with Crippen LogP contribution in [0.25, 0.3) is 0 Å². The SMILES string of the molecule is C[C@@H](O)CN1CCN(CCCc2c(Cl)cccc2Cl)CC1. The summed E-state index contributed by atoms with van der Waals surface area (Å²) in [5, 5.41) is 10.9. The normalized spacial score (nSPS) is 18.9. The van der Waals surface area contributed by atoms with E-state index in [-0.39, 0.29) is 6.10 Å². The number of benzene rings is 1. The largest absolute Gasteiger partial charge is 0.392 e. The van der Waals surface area contributed by atoms with Crippen LogP contribution in [-0.2, 0) is 6.42 Å². The third-order valence-corrected chi connectivity index (χ3v) is 4.66. The standard InChI is InChI=1S/C16H24Cl2N2O/c1-13(21)12-20-10-8-19(9-11-20)7-3-4-14-15(17)5-2-6-16(14)18/h2,5-6,13,21H,3-4,7-12H2,1H3/t13-/m1/s1. The molecule has 1 aromatic rings. The number of hydrogen-bond acceptors (Lipinski definition) is 3. The molecule has 1 N–H and O–H groups in total. The van der Waals surface area contributed by atoms with Crippen LogP contribution in [0.5, 0.6) is 0 Å². The second kappa shape index (κ2) is 8.35. The van der Waals surface area contributed by atoms with Crippen molar-refractivity contribution in [2.24, 2.45) is 0 Å². The zero-order valence-corrected chi connectivity index (χ0v) is 14.1. The van der Waals surface area contributed by atoms with Crippen LogP contribution in [0.2, 0.25) is 10.0 Å². The molecule has 0 amide bonds.